The fraction of sp³-hybridized carbons (Fsp3) is 0.471. The van der Waals surface area contributed by atoms with Crippen LogP contribution in [-0.4, -0.2) is 5.78 Å². The molecule has 2 heteroatoms. The molecule has 0 N–H and O–H groups in total. The van der Waals surface area contributed by atoms with Crippen LogP contribution in [0.4, 0.5) is 4.39 Å². The molecule has 0 heterocycles. The summed E-state index contributed by atoms with van der Waals surface area (Å²) < 4.78 is 13.5. The zero-order valence-corrected chi connectivity index (χ0v) is 11.3. The molecule has 2 aliphatic rings. The van der Waals surface area contributed by atoms with E-state index in [9.17, 15) is 9.18 Å². The minimum absolute atomic E-state index is 0.0357. The number of carbonyl (C=O) groups is 1. The SMILES string of the molecule is Cc1ccc(CC2C=C(C3CC3)CCC2=O)cc1F. The Hall–Kier alpha value is -1.44. The number of hydrogen-bond acceptors (Lipinski definition) is 1. The van der Waals surface area contributed by atoms with Crippen molar-refractivity contribution >= 4 is 5.78 Å². The van der Waals surface area contributed by atoms with Crippen molar-refractivity contribution < 1.29 is 9.18 Å². The van der Waals surface area contributed by atoms with E-state index in [1.807, 2.05) is 6.07 Å². The van der Waals surface area contributed by atoms with Gasteiger partial charge in [-0.05, 0) is 55.7 Å². The molecule has 1 aromatic rings. The Kier molecular flexibility index (Phi) is 3.26. The highest BCUT2D eigenvalue weighted by atomic mass is 19.1. The number of Topliss-reactive ketones (excluding diaryl/α,β-unsaturated/α-hetero) is 1. The Morgan fingerprint density at radius 2 is 2.05 bits per heavy atom. The van der Waals surface area contributed by atoms with Crippen molar-refractivity contribution in [3.63, 3.8) is 0 Å². The first-order chi connectivity index (χ1) is 9.13. The lowest BCUT2D eigenvalue weighted by Crippen LogP contribution is -2.20. The summed E-state index contributed by atoms with van der Waals surface area (Å²) in [5, 5.41) is 0. The minimum Gasteiger partial charge on any atom is -0.299 e. The van der Waals surface area contributed by atoms with Gasteiger partial charge < -0.3 is 0 Å². The van der Waals surface area contributed by atoms with Gasteiger partial charge in [-0.15, -0.1) is 0 Å². The van der Waals surface area contributed by atoms with E-state index in [4.69, 9.17) is 0 Å². The standard InChI is InChI=1S/C17H19FO/c1-11-2-3-12(9-16(11)18)8-15-10-14(13-4-5-13)6-7-17(15)19/h2-3,9-10,13,15H,4-8H2,1H3. The molecule has 2 aliphatic carbocycles. The van der Waals surface area contributed by atoms with Crippen LogP contribution in [0, 0.1) is 24.6 Å². The maximum Gasteiger partial charge on any atom is 0.140 e. The average molecular weight is 258 g/mol. The second-order valence-corrected chi connectivity index (χ2v) is 5.88. The monoisotopic (exact) mass is 258 g/mol. The predicted octanol–water partition coefficient (Wildman–Crippen LogP) is 3.99. The lowest BCUT2D eigenvalue weighted by Gasteiger charge is -2.20. The van der Waals surface area contributed by atoms with Crippen LogP contribution >= 0.6 is 0 Å². The molecule has 1 saturated carbocycles. The largest absolute Gasteiger partial charge is 0.299 e. The lowest BCUT2D eigenvalue weighted by atomic mass is 9.83. The van der Waals surface area contributed by atoms with Crippen molar-refractivity contribution in [3.8, 4) is 0 Å². The Bertz CT molecular complexity index is 540. The van der Waals surface area contributed by atoms with Gasteiger partial charge >= 0.3 is 0 Å². The molecule has 1 aromatic carbocycles. The highest BCUT2D eigenvalue weighted by Crippen LogP contribution is 2.41. The third-order valence-electron chi connectivity index (χ3n) is 4.28. The third kappa shape index (κ3) is 2.78. The summed E-state index contributed by atoms with van der Waals surface area (Å²) in [5.74, 6) is 0.842. The summed E-state index contributed by atoms with van der Waals surface area (Å²) >= 11 is 0. The van der Waals surface area contributed by atoms with Gasteiger partial charge in [-0.25, -0.2) is 4.39 Å². The smallest absolute Gasteiger partial charge is 0.140 e. The summed E-state index contributed by atoms with van der Waals surface area (Å²) in [6.07, 6.45) is 6.99. The first kappa shape index (κ1) is 12.6. The zero-order chi connectivity index (χ0) is 13.4. The Labute approximate surface area is 113 Å². The molecular weight excluding hydrogens is 239 g/mol. The summed E-state index contributed by atoms with van der Waals surface area (Å²) in [5.41, 5.74) is 3.06. The molecule has 1 nitrogen and oxygen atoms in total. The van der Waals surface area contributed by atoms with E-state index >= 15 is 0 Å². The molecule has 0 bridgehead atoms. The van der Waals surface area contributed by atoms with Crippen molar-refractivity contribution in [3.05, 3.63) is 46.8 Å². The maximum atomic E-state index is 13.5. The fourth-order valence-corrected chi connectivity index (χ4v) is 2.87. The second kappa shape index (κ2) is 4.92. The van der Waals surface area contributed by atoms with E-state index in [0.717, 1.165) is 17.9 Å². The van der Waals surface area contributed by atoms with E-state index < -0.39 is 0 Å². The molecule has 1 fully saturated rings. The van der Waals surface area contributed by atoms with Gasteiger partial charge in [0.2, 0.25) is 0 Å². The van der Waals surface area contributed by atoms with Crippen LogP contribution in [0.5, 0.6) is 0 Å². The van der Waals surface area contributed by atoms with Crippen LogP contribution in [0.3, 0.4) is 0 Å². The van der Waals surface area contributed by atoms with Crippen molar-refractivity contribution in [2.24, 2.45) is 11.8 Å². The van der Waals surface area contributed by atoms with Gasteiger partial charge in [0.1, 0.15) is 11.6 Å². The van der Waals surface area contributed by atoms with E-state index in [0.29, 0.717) is 24.2 Å². The maximum absolute atomic E-state index is 13.5. The number of aryl methyl sites for hydroxylation is 1. The molecule has 1 unspecified atom stereocenters. The Morgan fingerprint density at radius 1 is 1.26 bits per heavy atom. The van der Waals surface area contributed by atoms with Crippen molar-refractivity contribution in [1.82, 2.24) is 0 Å². The lowest BCUT2D eigenvalue weighted by molar-refractivity contribution is -0.121. The average Bonchev–Trinajstić information content (AvgIpc) is 3.21. The van der Waals surface area contributed by atoms with Crippen LogP contribution in [-0.2, 0) is 11.2 Å². The minimum atomic E-state index is -0.174. The number of halogens is 1. The highest BCUT2D eigenvalue weighted by Gasteiger charge is 2.31. The number of ketones is 1. The molecule has 0 amide bonds. The van der Waals surface area contributed by atoms with Gasteiger partial charge in [-0.1, -0.05) is 23.8 Å². The molecular formula is C17H19FO. The van der Waals surface area contributed by atoms with E-state index in [-0.39, 0.29) is 11.7 Å². The number of rotatable bonds is 3. The fourth-order valence-electron chi connectivity index (χ4n) is 2.87. The van der Waals surface area contributed by atoms with Crippen LogP contribution in [0.1, 0.15) is 36.8 Å². The predicted molar refractivity (Wildman–Crippen MR) is 73.4 cm³/mol. The molecule has 1 atom stereocenters. The van der Waals surface area contributed by atoms with Crippen molar-refractivity contribution in [1.29, 1.82) is 0 Å². The first-order valence-corrected chi connectivity index (χ1v) is 7.12. The quantitative estimate of drug-likeness (QED) is 0.749. The van der Waals surface area contributed by atoms with Gasteiger partial charge in [-0.2, -0.15) is 0 Å². The summed E-state index contributed by atoms with van der Waals surface area (Å²) in [6.45, 7) is 1.76. The van der Waals surface area contributed by atoms with Gasteiger partial charge in [0, 0.05) is 12.3 Å². The van der Waals surface area contributed by atoms with Crippen LogP contribution in [0.2, 0.25) is 0 Å². The molecule has 0 spiro atoms. The van der Waals surface area contributed by atoms with Crippen LogP contribution < -0.4 is 0 Å². The topological polar surface area (TPSA) is 17.1 Å². The molecule has 19 heavy (non-hydrogen) atoms. The van der Waals surface area contributed by atoms with E-state index in [2.05, 4.69) is 6.08 Å². The number of carbonyl (C=O) groups excluding carboxylic acids is 1. The van der Waals surface area contributed by atoms with E-state index in [1.165, 1.54) is 18.4 Å². The Morgan fingerprint density at radius 3 is 2.74 bits per heavy atom. The van der Waals surface area contributed by atoms with Gasteiger partial charge in [0.05, 0.1) is 0 Å². The van der Waals surface area contributed by atoms with Crippen LogP contribution in [0.15, 0.2) is 29.8 Å². The third-order valence-corrected chi connectivity index (χ3v) is 4.28. The summed E-state index contributed by atoms with van der Waals surface area (Å²) in [4.78, 5) is 12.0. The van der Waals surface area contributed by atoms with Gasteiger partial charge in [0.15, 0.2) is 0 Å². The zero-order valence-electron chi connectivity index (χ0n) is 11.3. The Balaban J connectivity index is 1.78. The summed E-state index contributed by atoms with van der Waals surface area (Å²) in [7, 11) is 0. The molecule has 100 valence electrons. The molecule has 0 aliphatic heterocycles. The number of allylic oxidation sites excluding steroid dienone is 2. The molecule has 0 radical (unpaired) electrons. The van der Waals surface area contributed by atoms with Gasteiger partial charge in [0.25, 0.3) is 0 Å². The van der Waals surface area contributed by atoms with Crippen molar-refractivity contribution in [2.75, 3.05) is 0 Å². The second-order valence-electron chi connectivity index (χ2n) is 5.88. The first-order valence-electron chi connectivity index (χ1n) is 7.12. The molecule has 0 aromatic heterocycles. The molecule has 0 saturated heterocycles. The van der Waals surface area contributed by atoms with Gasteiger partial charge in [-0.3, -0.25) is 4.79 Å². The van der Waals surface area contributed by atoms with Crippen molar-refractivity contribution in [2.45, 2.75) is 39.0 Å². The summed E-state index contributed by atoms with van der Waals surface area (Å²) in [6, 6.07) is 5.30. The van der Waals surface area contributed by atoms with E-state index in [1.54, 1.807) is 19.1 Å². The normalized spacial score (nSPS) is 23.4. The molecule has 3 rings (SSSR count). The highest BCUT2D eigenvalue weighted by molar-refractivity contribution is 5.84. The van der Waals surface area contributed by atoms with Crippen LogP contribution in [0.25, 0.3) is 0 Å². The number of hydrogen-bond donors (Lipinski definition) is 0. The number of benzene rings is 1.